The summed E-state index contributed by atoms with van der Waals surface area (Å²) in [6, 6.07) is 10.4. The molecule has 0 bridgehead atoms. The lowest BCUT2D eigenvalue weighted by Crippen LogP contribution is -2.30. The molecule has 0 radical (unpaired) electrons. The summed E-state index contributed by atoms with van der Waals surface area (Å²) >= 11 is 0. The van der Waals surface area contributed by atoms with Crippen LogP contribution in [-0.2, 0) is 14.3 Å². The zero-order chi connectivity index (χ0) is 36.4. The molecule has 0 aromatic heterocycles. The van der Waals surface area contributed by atoms with Crippen molar-refractivity contribution in [3.05, 3.63) is 76.4 Å². The van der Waals surface area contributed by atoms with Crippen molar-refractivity contribution in [1.82, 2.24) is 5.32 Å². The summed E-state index contributed by atoms with van der Waals surface area (Å²) < 4.78 is 22.3. The van der Waals surface area contributed by atoms with Gasteiger partial charge in [0.05, 0.1) is 33.5 Å². The van der Waals surface area contributed by atoms with E-state index in [0.29, 0.717) is 49.7 Å². The van der Waals surface area contributed by atoms with Crippen LogP contribution in [0.3, 0.4) is 0 Å². The summed E-state index contributed by atoms with van der Waals surface area (Å²) in [5, 5.41) is 46.3. The van der Waals surface area contributed by atoms with E-state index in [1.54, 1.807) is 31.2 Å². The summed E-state index contributed by atoms with van der Waals surface area (Å²) in [5.74, 6) is -2.46. The minimum absolute atomic E-state index is 0.0302. The Morgan fingerprint density at radius 2 is 1.60 bits per heavy atom. The van der Waals surface area contributed by atoms with Crippen molar-refractivity contribution < 1.29 is 53.8 Å². The topological polar surface area (TPSA) is 181 Å². The molecule has 5 N–H and O–H groups in total. The first kappa shape index (κ1) is 37.6. The number of esters is 1. The van der Waals surface area contributed by atoms with Crippen LogP contribution >= 0.6 is 0 Å². The maximum absolute atomic E-state index is 13.7. The predicted octanol–water partition coefficient (Wildman–Crippen LogP) is 5.68. The first-order chi connectivity index (χ1) is 24.0. The van der Waals surface area contributed by atoms with Gasteiger partial charge in [-0.05, 0) is 79.6 Å². The molecule has 0 fully saturated rings. The van der Waals surface area contributed by atoms with Crippen LogP contribution in [0.2, 0.25) is 0 Å². The fourth-order valence-corrected chi connectivity index (χ4v) is 5.99. The van der Waals surface area contributed by atoms with Gasteiger partial charge in [0.2, 0.25) is 11.7 Å². The number of allylic oxidation sites excluding steroid dienone is 1. The molecule has 0 saturated heterocycles. The minimum Gasteiger partial charge on any atom is -0.508 e. The Balaban J connectivity index is 1.81. The van der Waals surface area contributed by atoms with Crippen molar-refractivity contribution in [2.75, 3.05) is 27.9 Å². The summed E-state index contributed by atoms with van der Waals surface area (Å²) in [6.07, 6.45) is 4.28. The molecule has 4 rings (SSSR count). The molecule has 1 aliphatic rings. The van der Waals surface area contributed by atoms with Gasteiger partial charge >= 0.3 is 5.97 Å². The molecule has 268 valence electrons. The van der Waals surface area contributed by atoms with Crippen molar-refractivity contribution in [3.8, 4) is 34.5 Å². The Bertz CT molecular complexity index is 1670. The van der Waals surface area contributed by atoms with E-state index in [9.17, 15) is 34.8 Å². The van der Waals surface area contributed by atoms with Crippen LogP contribution in [0.4, 0.5) is 0 Å². The number of aliphatic hydroxyl groups excluding tert-OH is 1. The van der Waals surface area contributed by atoms with Crippen LogP contribution in [0, 0.1) is 0 Å². The molecule has 0 spiro atoms. The standard InChI is InChI=1S/C38H45NO11/c1-22-9-8-12-26(40)11-7-5-6-10-24-17-29(42)35(36(45)34(24)38(46)50-22)28(25-18-31(47-2)37(49-4)32(19-25)48-3)20-33(44)39-21-30(43)23-13-15-27(41)16-14-23/h6,10,13-19,22,28,30,41-43,45H,5,7-9,11-12,20-21H2,1-4H3,(H,39,44)/b10-6+/t22-,28?,30?/m0/s1. The number of aromatic hydroxyl groups is 3. The first-order valence-corrected chi connectivity index (χ1v) is 16.5. The number of amides is 1. The largest absolute Gasteiger partial charge is 0.508 e. The molecule has 2 unspecified atom stereocenters. The van der Waals surface area contributed by atoms with Crippen LogP contribution in [0.25, 0.3) is 6.08 Å². The molecule has 12 nitrogen and oxygen atoms in total. The van der Waals surface area contributed by atoms with Gasteiger partial charge in [-0.15, -0.1) is 0 Å². The lowest BCUT2D eigenvalue weighted by Gasteiger charge is -2.24. The number of nitrogens with one attached hydrogen (secondary N) is 1. The van der Waals surface area contributed by atoms with Crippen LogP contribution in [0.5, 0.6) is 34.5 Å². The second-order valence-electron chi connectivity index (χ2n) is 12.2. The third-order valence-corrected chi connectivity index (χ3v) is 8.65. The van der Waals surface area contributed by atoms with E-state index < -0.39 is 41.5 Å². The van der Waals surface area contributed by atoms with Crippen LogP contribution in [-0.4, -0.2) is 72.1 Å². The number of cyclic esters (lactones) is 1. The normalized spacial score (nSPS) is 17.3. The van der Waals surface area contributed by atoms with E-state index in [1.807, 2.05) is 0 Å². The molecule has 50 heavy (non-hydrogen) atoms. The van der Waals surface area contributed by atoms with Crippen LogP contribution < -0.4 is 19.5 Å². The van der Waals surface area contributed by atoms with Crippen molar-refractivity contribution in [1.29, 1.82) is 0 Å². The zero-order valence-electron chi connectivity index (χ0n) is 28.7. The molecule has 12 heteroatoms. The van der Waals surface area contributed by atoms with Gasteiger partial charge in [-0.1, -0.05) is 24.3 Å². The van der Waals surface area contributed by atoms with Gasteiger partial charge in [0.15, 0.2) is 11.5 Å². The second-order valence-corrected chi connectivity index (χ2v) is 12.2. The number of hydrogen-bond donors (Lipinski definition) is 5. The Hall–Kier alpha value is -5.23. The SMILES string of the molecule is COc1cc(C(CC(=O)NCC(O)c2ccc(O)cc2)c2c(O)cc3c(c2O)C(=O)O[C@@H](C)CCCC(=O)CCC/C=C/3)cc(OC)c1OC. The number of fused-ring (bicyclic) bond motifs is 1. The number of phenolic OH excluding ortho intramolecular Hbond substituents is 3. The third kappa shape index (κ3) is 9.26. The molecule has 3 aromatic carbocycles. The molecule has 1 amide bonds. The van der Waals surface area contributed by atoms with Crippen molar-refractivity contribution in [3.63, 3.8) is 0 Å². The quantitative estimate of drug-likeness (QED) is 0.165. The summed E-state index contributed by atoms with van der Waals surface area (Å²) in [4.78, 5) is 39.4. The molecule has 0 aliphatic carbocycles. The Labute approximate surface area is 291 Å². The average Bonchev–Trinajstić information content (AvgIpc) is 3.09. The Kier molecular flexibility index (Phi) is 13.1. The average molecular weight is 692 g/mol. The van der Waals surface area contributed by atoms with E-state index in [4.69, 9.17) is 18.9 Å². The molecule has 3 aromatic rings. The first-order valence-electron chi connectivity index (χ1n) is 16.5. The number of benzene rings is 3. The molecule has 0 saturated carbocycles. The smallest absolute Gasteiger partial charge is 0.342 e. The lowest BCUT2D eigenvalue weighted by atomic mass is 9.84. The number of aliphatic hydroxyl groups is 1. The van der Waals surface area contributed by atoms with Crippen molar-refractivity contribution in [2.24, 2.45) is 0 Å². The molecule has 1 heterocycles. The molecular weight excluding hydrogens is 646 g/mol. The van der Waals surface area contributed by atoms with Crippen molar-refractivity contribution in [2.45, 2.75) is 70.0 Å². The summed E-state index contributed by atoms with van der Waals surface area (Å²) in [5.41, 5.74) is 0.751. The summed E-state index contributed by atoms with van der Waals surface area (Å²) in [7, 11) is 4.29. The van der Waals surface area contributed by atoms with Crippen LogP contribution in [0.1, 0.15) is 96.5 Å². The van der Waals surface area contributed by atoms with E-state index in [-0.39, 0.29) is 58.4 Å². The highest BCUT2D eigenvalue weighted by molar-refractivity contribution is 5.98. The van der Waals surface area contributed by atoms with Gasteiger partial charge in [-0.25, -0.2) is 4.79 Å². The highest BCUT2D eigenvalue weighted by Gasteiger charge is 2.32. The van der Waals surface area contributed by atoms with E-state index >= 15 is 0 Å². The second kappa shape index (κ2) is 17.4. The number of carbonyl (C=O) groups is 3. The fraction of sp³-hybridized carbons (Fsp3) is 0.395. The number of ether oxygens (including phenoxy) is 4. The van der Waals surface area contributed by atoms with Crippen molar-refractivity contribution >= 4 is 23.7 Å². The highest BCUT2D eigenvalue weighted by Crippen LogP contribution is 2.47. The number of carbonyl (C=O) groups excluding carboxylic acids is 3. The molecule has 1 aliphatic heterocycles. The van der Waals surface area contributed by atoms with Gasteiger partial charge in [-0.2, -0.15) is 0 Å². The molecule has 3 atom stereocenters. The molecular formula is C38H45NO11. The zero-order valence-corrected chi connectivity index (χ0v) is 28.7. The monoisotopic (exact) mass is 691 g/mol. The number of Topliss-reactive ketones (excluding diaryl/α,β-unsaturated/α-hetero) is 1. The van der Waals surface area contributed by atoms with E-state index in [0.717, 1.165) is 0 Å². The minimum atomic E-state index is -1.09. The van der Waals surface area contributed by atoms with E-state index in [2.05, 4.69) is 5.32 Å². The fourth-order valence-electron chi connectivity index (χ4n) is 5.99. The lowest BCUT2D eigenvalue weighted by molar-refractivity contribution is -0.122. The summed E-state index contributed by atoms with van der Waals surface area (Å²) in [6.45, 7) is 1.53. The maximum atomic E-state index is 13.7. The van der Waals surface area contributed by atoms with Gasteiger partial charge in [0, 0.05) is 37.3 Å². The van der Waals surface area contributed by atoms with Gasteiger partial charge in [0.25, 0.3) is 0 Å². The van der Waals surface area contributed by atoms with Gasteiger partial charge in [-0.3, -0.25) is 9.59 Å². The number of rotatable bonds is 10. The van der Waals surface area contributed by atoms with Crippen LogP contribution in [0.15, 0.2) is 48.5 Å². The number of ketones is 1. The predicted molar refractivity (Wildman–Crippen MR) is 185 cm³/mol. The Morgan fingerprint density at radius 3 is 2.24 bits per heavy atom. The van der Waals surface area contributed by atoms with Gasteiger partial charge < -0.3 is 44.7 Å². The van der Waals surface area contributed by atoms with E-state index in [1.165, 1.54) is 51.7 Å². The highest BCUT2D eigenvalue weighted by atomic mass is 16.5. The number of phenols is 3. The number of hydrogen-bond acceptors (Lipinski definition) is 11. The maximum Gasteiger partial charge on any atom is 0.342 e. The number of methoxy groups -OCH3 is 3. The van der Waals surface area contributed by atoms with Gasteiger partial charge in [0.1, 0.15) is 28.6 Å². The Morgan fingerprint density at radius 1 is 0.940 bits per heavy atom. The third-order valence-electron chi connectivity index (χ3n) is 8.65.